The van der Waals surface area contributed by atoms with Gasteiger partial charge >= 0.3 is 0 Å². The molecule has 0 amide bonds. The summed E-state index contributed by atoms with van der Waals surface area (Å²) >= 11 is 3.06. The van der Waals surface area contributed by atoms with E-state index in [1.807, 2.05) is 6.07 Å². The lowest BCUT2D eigenvalue weighted by Gasteiger charge is -2.06. The van der Waals surface area contributed by atoms with Crippen molar-refractivity contribution < 1.29 is 4.39 Å². The Labute approximate surface area is 106 Å². The molecule has 0 radical (unpaired) electrons. The number of aryl methyl sites for hydroxylation is 2. The van der Waals surface area contributed by atoms with Crippen LogP contribution in [-0.2, 0) is 0 Å². The molecule has 86 valence electrons. The highest BCUT2D eigenvalue weighted by Gasteiger charge is 2.15. The molecule has 2 rings (SSSR count). The number of rotatable bonds is 1. The van der Waals surface area contributed by atoms with Crippen LogP contribution >= 0.6 is 15.9 Å². The van der Waals surface area contributed by atoms with Crippen LogP contribution in [-0.4, -0.2) is 14.8 Å². The maximum absolute atomic E-state index is 14.0. The van der Waals surface area contributed by atoms with E-state index in [0.717, 1.165) is 0 Å². The third kappa shape index (κ3) is 1.94. The second-order valence-corrected chi connectivity index (χ2v) is 4.28. The molecule has 1 aromatic heterocycles. The van der Waals surface area contributed by atoms with Gasteiger partial charge in [-0.05, 0) is 41.9 Å². The van der Waals surface area contributed by atoms with E-state index in [1.54, 1.807) is 19.9 Å². The Hall–Kier alpha value is -1.74. The van der Waals surface area contributed by atoms with Gasteiger partial charge in [0.05, 0.1) is 10.0 Å². The first-order chi connectivity index (χ1) is 8.04. The number of halogens is 2. The summed E-state index contributed by atoms with van der Waals surface area (Å²) < 4.78 is 15.6. The van der Waals surface area contributed by atoms with Crippen molar-refractivity contribution in [2.24, 2.45) is 0 Å². The molecule has 1 aromatic carbocycles. The molecule has 0 N–H and O–H groups in total. The highest BCUT2D eigenvalue weighted by molar-refractivity contribution is 9.10. The molecule has 0 aliphatic heterocycles. The van der Waals surface area contributed by atoms with Gasteiger partial charge < -0.3 is 0 Å². The van der Waals surface area contributed by atoms with Crippen LogP contribution in [0.15, 0.2) is 16.6 Å². The van der Waals surface area contributed by atoms with Crippen LogP contribution in [0, 0.1) is 31.0 Å². The van der Waals surface area contributed by atoms with Gasteiger partial charge in [0.1, 0.15) is 23.4 Å². The molecule has 0 unspecified atom stereocenters. The van der Waals surface area contributed by atoms with Crippen LogP contribution in [0.25, 0.3) is 5.69 Å². The zero-order chi connectivity index (χ0) is 12.6. The summed E-state index contributed by atoms with van der Waals surface area (Å²) in [4.78, 5) is 4.11. The molecule has 0 bridgehead atoms. The second-order valence-electron chi connectivity index (χ2n) is 3.49. The number of nitrogens with zero attached hydrogens (tertiary/aromatic N) is 4. The Morgan fingerprint density at radius 2 is 2.12 bits per heavy atom. The van der Waals surface area contributed by atoms with Crippen molar-refractivity contribution in [2.45, 2.75) is 13.8 Å². The molecule has 2 aromatic rings. The zero-order valence-corrected chi connectivity index (χ0v) is 10.8. The number of nitriles is 1. The van der Waals surface area contributed by atoms with E-state index in [1.165, 1.54) is 10.7 Å². The van der Waals surface area contributed by atoms with Gasteiger partial charge in [-0.25, -0.2) is 14.1 Å². The van der Waals surface area contributed by atoms with E-state index < -0.39 is 5.82 Å². The molecule has 0 fully saturated rings. The van der Waals surface area contributed by atoms with Crippen molar-refractivity contribution in [3.63, 3.8) is 0 Å². The Balaban J connectivity index is 2.66. The fourth-order valence-corrected chi connectivity index (χ4v) is 1.96. The minimum Gasteiger partial charge on any atom is -0.217 e. The van der Waals surface area contributed by atoms with Gasteiger partial charge in [0.15, 0.2) is 5.82 Å². The molecule has 1 heterocycles. The quantitative estimate of drug-likeness (QED) is 0.812. The molecule has 0 spiro atoms. The number of hydrogen-bond donors (Lipinski definition) is 0. The lowest BCUT2D eigenvalue weighted by molar-refractivity contribution is 0.601. The predicted molar refractivity (Wildman–Crippen MR) is 63.2 cm³/mol. The second kappa shape index (κ2) is 4.26. The van der Waals surface area contributed by atoms with Gasteiger partial charge in [-0.2, -0.15) is 10.4 Å². The van der Waals surface area contributed by atoms with Crippen LogP contribution in [0.3, 0.4) is 0 Å². The maximum atomic E-state index is 14.0. The molecule has 0 aliphatic carbocycles. The SMILES string of the molecule is Cc1nc(C)n(-c2ccc(C#N)c(Br)c2F)n1. The first kappa shape index (κ1) is 11.7. The topological polar surface area (TPSA) is 54.5 Å². The third-order valence-electron chi connectivity index (χ3n) is 2.29. The summed E-state index contributed by atoms with van der Waals surface area (Å²) in [6.45, 7) is 3.48. The highest BCUT2D eigenvalue weighted by atomic mass is 79.9. The average molecular weight is 295 g/mol. The van der Waals surface area contributed by atoms with Crippen molar-refractivity contribution in [3.05, 3.63) is 39.6 Å². The van der Waals surface area contributed by atoms with Crippen molar-refractivity contribution in [1.29, 1.82) is 5.26 Å². The van der Waals surface area contributed by atoms with E-state index in [-0.39, 0.29) is 15.7 Å². The summed E-state index contributed by atoms with van der Waals surface area (Å²) in [5.74, 6) is 0.650. The number of benzene rings is 1. The molecule has 0 aliphatic rings. The lowest BCUT2D eigenvalue weighted by Crippen LogP contribution is -2.03. The molecule has 0 saturated heterocycles. The van der Waals surface area contributed by atoms with Crippen molar-refractivity contribution in [1.82, 2.24) is 14.8 Å². The largest absolute Gasteiger partial charge is 0.217 e. The molecular formula is C11H8BrFN4. The third-order valence-corrected chi connectivity index (χ3v) is 3.06. The normalized spacial score (nSPS) is 10.3. The molecule has 4 nitrogen and oxygen atoms in total. The van der Waals surface area contributed by atoms with E-state index in [0.29, 0.717) is 11.6 Å². The standard InChI is InChI=1S/C11H8BrFN4/c1-6-15-7(2)17(16-6)9-4-3-8(5-14)10(12)11(9)13/h3-4H,1-2H3. The van der Waals surface area contributed by atoms with Crippen LogP contribution < -0.4 is 0 Å². The van der Waals surface area contributed by atoms with Gasteiger partial charge in [0, 0.05) is 0 Å². The first-order valence-electron chi connectivity index (χ1n) is 4.83. The predicted octanol–water partition coefficient (Wildman–Crippen LogP) is 2.66. The van der Waals surface area contributed by atoms with E-state index in [9.17, 15) is 4.39 Å². The van der Waals surface area contributed by atoms with E-state index in [2.05, 4.69) is 26.0 Å². The molecule has 17 heavy (non-hydrogen) atoms. The van der Waals surface area contributed by atoms with Gasteiger partial charge in [-0.1, -0.05) is 0 Å². The Morgan fingerprint density at radius 1 is 1.41 bits per heavy atom. The summed E-state index contributed by atoms with van der Waals surface area (Å²) in [5, 5.41) is 12.9. The lowest BCUT2D eigenvalue weighted by atomic mass is 10.2. The summed E-state index contributed by atoms with van der Waals surface area (Å²) in [5.41, 5.74) is 0.523. The monoisotopic (exact) mass is 294 g/mol. The Bertz CT molecular complexity index is 627. The maximum Gasteiger partial charge on any atom is 0.164 e. The summed E-state index contributed by atoms with van der Waals surface area (Å²) in [7, 11) is 0. The van der Waals surface area contributed by atoms with Gasteiger partial charge in [-0.3, -0.25) is 0 Å². The fraction of sp³-hybridized carbons (Fsp3) is 0.182. The van der Waals surface area contributed by atoms with E-state index >= 15 is 0 Å². The van der Waals surface area contributed by atoms with E-state index in [4.69, 9.17) is 5.26 Å². The fourth-order valence-electron chi connectivity index (χ4n) is 1.54. The van der Waals surface area contributed by atoms with Crippen molar-refractivity contribution in [2.75, 3.05) is 0 Å². The summed E-state index contributed by atoms with van der Waals surface area (Å²) in [6.07, 6.45) is 0. The van der Waals surface area contributed by atoms with Crippen molar-refractivity contribution in [3.8, 4) is 11.8 Å². The first-order valence-corrected chi connectivity index (χ1v) is 5.62. The van der Waals surface area contributed by atoms with Crippen LogP contribution in [0.4, 0.5) is 4.39 Å². The van der Waals surface area contributed by atoms with Gasteiger partial charge in [0.25, 0.3) is 0 Å². The smallest absolute Gasteiger partial charge is 0.164 e. The summed E-state index contributed by atoms with van der Waals surface area (Å²) in [6, 6.07) is 4.96. The Kier molecular flexibility index (Phi) is 2.94. The van der Waals surface area contributed by atoms with Gasteiger partial charge in [-0.15, -0.1) is 0 Å². The molecular weight excluding hydrogens is 287 g/mol. The number of hydrogen-bond acceptors (Lipinski definition) is 3. The van der Waals surface area contributed by atoms with Crippen molar-refractivity contribution >= 4 is 15.9 Å². The van der Waals surface area contributed by atoms with Crippen LogP contribution in [0.5, 0.6) is 0 Å². The minimum atomic E-state index is -0.517. The Morgan fingerprint density at radius 3 is 2.65 bits per heavy atom. The molecule has 0 saturated carbocycles. The van der Waals surface area contributed by atoms with Gasteiger partial charge in [0.2, 0.25) is 0 Å². The number of aromatic nitrogens is 3. The molecule has 6 heteroatoms. The van der Waals surface area contributed by atoms with Crippen LogP contribution in [0.2, 0.25) is 0 Å². The highest BCUT2D eigenvalue weighted by Crippen LogP contribution is 2.25. The molecule has 0 atom stereocenters. The minimum absolute atomic E-state index is 0.144. The zero-order valence-electron chi connectivity index (χ0n) is 9.20. The van der Waals surface area contributed by atoms with Crippen LogP contribution in [0.1, 0.15) is 17.2 Å². The average Bonchev–Trinajstić information content (AvgIpc) is 2.62.